The number of amides is 2. The number of anilines is 1. The molecule has 6 nitrogen and oxygen atoms in total. The van der Waals surface area contributed by atoms with Gasteiger partial charge in [0.2, 0.25) is 5.91 Å². The van der Waals surface area contributed by atoms with Gasteiger partial charge in [0.15, 0.2) is 6.61 Å². The van der Waals surface area contributed by atoms with Crippen LogP contribution in [0.25, 0.3) is 11.3 Å². The first-order valence-electron chi connectivity index (χ1n) is 11.2. The van der Waals surface area contributed by atoms with Gasteiger partial charge in [-0.15, -0.1) is 0 Å². The van der Waals surface area contributed by atoms with Crippen LogP contribution >= 0.6 is 11.6 Å². The maximum Gasteiger partial charge on any atom is 0.262 e. The molecule has 0 unspecified atom stereocenters. The molecular weight excluding hydrogens is 440 g/mol. The molecule has 1 aromatic heterocycles. The van der Waals surface area contributed by atoms with Crippen molar-refractivity contribution in [3.8, 4) is 17.1 Å². The van der Waals surface area contributed by atoms with Gasteiger partial charge in [-0.2, -0.15) is 0 Å². The average Bonchev–Trinajstić information content (AvgIpc) is 3.21. The summed E-state index contributed by atoms with van der Waals surface area (Å²) in [5.74, 6) is 2.49. The van der Waals surface area contributed by atoms with Crippen molar-refractivity contribution in [3.05, 3.63) is 70.9 Å². The van der Waals surface area contributed by atoms with E-state index in [1.807, 2.05) is 35.2 Å². The number of benzene rings is 2. The maximum atomic E-state index is 12.6. The highest BCUT2D eigenvalue weighted by atomic mass is 35.5. The number of rotatable bonds is 6. The third kappa shape index (κ3) is 4.91. The van der Waals surface area contributed by atoms with E-state index in [0.717, 1.165) is 48.3 Å². The molecule has 0 bridgehead atoms. The third-order valence-electron chi connectivity index (χ3n) is 6.25. The zero-order valence-electron chi connectivity index (χ0n) is 18.2. The summed E-state index contributed by atoms with van der Waals surface area (Å²) in [4.78, 5) is 26.9. The van der Waals surface area contributed by atoms with E-state index >= 15 is 0 Å². The minimum Gasteiger partial charge on any atom is -0.484 e. The molecule has 0 atom stereocenters. The van der Waals surface area contributed by atoms with Crippen molar-refractivity contribution < 1.29 is 18.7 Å². The molecule has 2 heterocycles. The Morgan fingerprint density at radius 3 is 2.70 bits per heavy atom. The minimum atomic E-state index is -0.258. The molecule has 1 saturated carbocycles. The molecule has 33 heavy (non-hydrogen) atoms. The van der Waals surface area contributed by atoms with Gasteiger partial charge < -0.3 is 19.4 Å². The van der Waals surface area contributed by atoms with Crippen LogP contribution in [0.5, 0.6) is 5.75 Å². The van der Waals surface area contributed by atoms with E-state index in [0.29, 0.717) is 29.5 Å². The van der Waals surface area contributed by atoms with Crippen molar-refractivity contribution in [1.82, 2.24) is 4.90 Å². The molecular formula is C26H25ClN2O4. The zero-order valence-corrected chi connectivity index (χ0v) is 18.9. The lowest BCUT2D eigenvalue weighted by Gasteiger charge is -2.33. The lowest BCUT2D eigenvalue weighted by molar-refractivity contribution is -0.139. The summed E-state index contributed by atoms with van der Waals surface area (Å²) >= 11 is 5.86. The van der Waals surface area contributed by atoms with Crippen LogP contribution in [0, 0.1) is 5.92 Å². The number of hydrogen-bond acceptors (Lipinski definition) is 4. The molecule has 2 amide bonds. The molecule has 1 aliphatic heterocycles. The van der Waals surface area contributed by atoms with Crippen LogP contribution < -0.4 is 10.1 Å². The number of carbonyl (C=O) groups is 2. The van der Waals surface area contributed by atoms with Gasteiger partial charge in [0.1, 0.15) is 17.3 Å². The molecule has 0 radical (unpaired) electrons. The number of fused-ring (bicyclic) bond motifs is 1. The van der Waals surface area contributed by atoms with Crippen molar-refractivity contribution in [2.75, 3.05) is 18.5 Å². The second-order valence-corrected chi connectivity index (χ2v) is 9.00. The van der Waals surface area contributed by atoms with E-state index in [1.165, 1.54) is 0 Å². The Kier molecular flexibility index (Phi) is 6.09. The highest BCUT2D eigenvalue weighted by molar-refractivity contribution is 6.30. The fourth-order valence-electron chi connectivity index (χ4n) is 4.20. The van der Waals surface area contributed by atoms with E-state index in [-0.39, 0.29) is 24.3 Å². The third-order valence-corrected chi connectivity index (χ3v) is 6.50. The van der Waals surface area contributed by atoms with Gasteiger partial charge in [0.05, 0.1) is 0 Å². The van der Waals surface area contributed by atoms with Crippen molar-refractivity contribution in [3.63, 3.8) is 0 Å². The van der Waals surface area contributed by atoms with Crippen LogP contribution in [0.15, 0.2) is 59.0 Å². The molecule has 1 N–H and O–H groups in total. The topological polar surface area (TPSA) is 71.8 Å². The molecule has 1 aliphatic carbocycles. The van der Waals surface area contributed by atoms with Crippen LogP contribution in [0.1, 0.15) is 30.6 Å². The summed E-state index contributed by atoms with van der Waals surface area (Å²) in [5.41, 5.74) is 2.60. The minimum absolute atomic E-state index is 0.105. The summed E-state index contributed by atoms with van der Waals surface area (Å²) in [6, 6.07) is 16.4. The molecule has 0 saturated heterocycles. The second-order valence-electron chi connectivity index (χ2n) is 8.57. The molecule has 5 rings (SSSR count). The van der Waals surface area contributed by atoms with Crippen LogP contribution in [0.4, 0.5) is 5.69 Å². The molecule has 1 fully saturated rings. The highest BCUT2D eigenvalue weighted by Crippen LogP contribution is 2.33. The van der Waals surface area contributed by atoms with Gasteiger partial charge in [-0.1, -0.05) is 30.2 Å². The van der Waals surface area contributed by atoms with Crippen molar-refractivity contribution >= 4 is 29.1 Å². The van der Waals surface area contributed by atoms with Gasteiger partial charge in [0.25, 0.3) is 5.91 Å². The summed E-state index contributed by atoms with van der Waals surface area (Å²) < 4.78 is 11.6. The number of halogens is 1. The van der Waals surface area contributed by atoms with E-state index in [1.54, 1.807) is 24.3 Å². The summed E-state index contributed by atoms with van der Waals surface area (Å²) in [7, 11) is 0. The van der Waals surface area contributed by atoms with E-state index in [4.69, 9.17) is 20.8 Å². The molecule has 3 aromatic rings. The number of ether oxygens (including phenoxy) is 1. The number of nitrogens with one attached hydrogen (secondary N) is 1. The van der Waals surface area contributed by atoms with Crippen LogP contribution in [-0.2, 0) is 22.6 Å². The predicted molar refractivity (Wildman–Crippen MR) is 126 cm³/mol. The number of nitrogens with zero attached hydrogens (tertiary/aromatic N) is 1. The lowest BCUT2D eigenvalue weighted by atomic mass is 9.84. The smallest absolute Gasteiger partial charge is 0.262 e. The van der Waals surface area contributed by atoms with Crippen molar-refractivity contribution in [2.24, 2.45) is 5.92 Å². The molecule has 7 heteroatoms. The van der Waals surface area contributed by atoms with Crippen LogP contribution in [-0.4, -0.2) is 29.9 Å². The van der Waals surface area contributed by atoms with Gasteiger partial charge in [0, 0.05) is 47.3 Å². The first kappa shape index (κ1) is 21.6. The molecule has 170 valence electrons. The quantitative estimate of drug-likeness (QED) is 0.537. The van der Waals surface area contributed by atoms with Crippen molar-refractivity contribution in [2.45, 2.75) is 32.2 Å². The number of furan rings is 1. The van der Waals surface area contributed by atoms with E-state index < -0.39 is 0 Å². The number of hydrogen-bond donors (Lipinski definition) is 1. The second kappa shape index (κ2) is 9.32. The number of carbonyl (C=O) groups excluding carboxylic acids is 2. The molecule has 2 aromatic carbocycles. The zero-order chi connectivity index (χ0) is 22.8. The predicted octanol–water partition coefficient (Wildman–Crippen LogP) is 5.30. The van der Waals surface area contributed by atoms with Gasteiger partial charge in [-0.25, -0.2) is 0 Å². The highest BCUT2D eigenvalue weighted by Gasteiger charge is 2.32. The first-order chi connectivity index (χ1) is 16.0. The summed E-state index contributed by atoms with van der Waals surface area (Å²) in [6.07, 6.45) is 3.92. The maximum absolute atomic E-state index is 12.6. The normalized spacial score (nSPS) is 15.5. The Morgan fingerprint density at radius 1 is 1.12 bits per heavy atom. The Morgan fingerprint density at radius 2 is 1.94 bits per heavy atom. The van der Waals surface area contributed by atoms with Gasteiger partial charge >= 0.3 is 0 Å². The fraction of sp³-hybridized carbons (Fsp3) is 0.308. The molecule has 2 aliphatic rings. The van der Waals surface area contributed by atoms with Gasteiger partial charge in [-0.05, 0) is 55.3 Å². The van der Waals surface area contributed by atoms with E-state index in [2.05, 4.69) is 5.32 Å². The van der Waals surface area contributed by atoms with Crippen LogP contribution in [0.2, 0.25) is 5.02 Å². The van der Waals surface area contributed by atoms with Crippen LogP contribution in [0.3, 0.4) is 0 Å². The summed E-state index contributed by atoms with van der Waals surface area (Å²) in [5, 5.41) is 3.47. The monoisotopic (exact) mass is 464 g/mol. The van der Waals surface area contributed by atoms with E-state index in [9.17, 15) is 9.59 Å². The Bertz CT molecular complexity index is 1170. The van der Waals surface area contributed by atoms with Gasteiger partial charge in [-0.3, -0.25) is 9.59 Å². The summed E-state index contributed by atoms with van der Waals surface area (Å²) in [6.45, 7) is 1.21. The van der Waals surface area contributed by atoms with Crippen molar-refractivity contribution in [1.29, 1.82) is 0 Å². The standard InChI is InChI=1S/C26H25ClN2O4/c27-20-7-9-22(10-8-20)32-16-25(30)28-21-6-2-5-18(13-21)24-14-19-15-29(12-11-23(19)33-24)26(31)17-3-1-4-17/h2,5-10,13-14,17H,1,3-4,11-12,15-16H2,(H,28,30). The first-order valence-corrected chi connectivity index (χ1v) is 11.6. The Labute approximate surface area is 197 Å². The fourth-order valence-corrected chi connectivity index (χ4v) is 4.33. The average molecular weight is 465 g/mol. The molecule has 0 spiro atoms. The SMILES string of the molecule is O=C(COc1ccc(Cl)cc1)Nc1cccc(-c2cc3c(o2)CCN(C(=O)C2CCC2)C3)c1. The Hall–Kier alpha value is -3.25. The lowest BCUT2D eigenvalue weighted by Crippen LogP contribution is -2.41. The Balaban J connectivity index is 1.22. The largest absolute Gasteiger partial charge is 0.484 e.